The van der Waals surface area contributed by atoms with Crippen LogP contribution < -0.4 is 0 Å². The van der Waals surface area contributed by atoms with Gasteiger partial charge >= 0.3 is 11.9 Å². The van der Waals surface area contributed by atoms with Crippen molar-refractivity contribution in [1.29, 1.82) is 0 Å². The summed E-state index contributed by atoms with van der Waals surface area (Å²) < 4.78 is 27.8. The van der Waals surface area contributed by atoms with Gasteiger partial charge in [-0.1, -0.05) is 23.8 Å². The minimum absolute atomic E-state index is 0.0130. The average molecular weight is 380 g/mol. The summed E-state index contributed by atoms with van der Waals surface area (Å²) in [6.45, 7) is 5.07. The Bertz CT molecular complexity index is 884. The third-order valence-corrected chi connectivity index (χ3v) is 4.80. The summed E-state index contributed by atoms with van der Waals surface area (Å²) >= 11 is 0. The lowest BCUT2D eigenvalue weighted by Gasteiger charge is -2.07. The molecule has 0 radical (unpaired) electrons. The molecule has 0 fully saturated rings. The molecule has 8 heteroatoms. The first-order valence-electron chi connectivity index (χ1n) is 7.61. The summed E-state index contributed by atoms with van der Waals surface area (Å²) in [5, 5.41) is 17.2. The molecule has 0 unspecified atom stereocenters. The maximum atomic E-state index is 11.6. The van der Waals surface area contributed by atoms with Gasteiger partial charge in [0.2, 0.25) is 0 Å². The monoisotopic (exact) mass is 380 g/mol. The molecule has 7 nitrogen and oxygen atoms in total. The smallest absolute Gasteiger partial charge is 0.335 e. The van der Waals surface area contributed by atoms with E-state index in [-0.39, 0.29) is 17.1 Å². The Kier molecular flexibility index (Phi) is 7.48. The second-order valence-electron chi connectivity index (χ2n) is 5.32. The SMILES string of the molecule is CCOS(=O)(=O)c1cc(C(=O)O)ccc1C.Cc1ccc(C(=O)O)cc1. The summed E-state index contributed by atoms with van der Waals surface area (Å²) in [6, 6.07) is 10.6. The topological polar surface area (TPSA) is 118 Å². The highest BCUT2D eigenvalue weighted by molar-refractivity contribution is 7.86. The maximum absolute atomic E-state index is 11.6. The molecule has 0 aliphatic heterocycles. The number of aryl methyl sites for hydroxylation is 2. The Morgan fingerprint density at radius 1 is 0.923 bits per heavy atom. The lowest BCUT2D eigenvalue weighted by atomic mass is 10.1. The quantitative estimate of drug-likeness (QED) is 0.765. The van der Waals surface area contributed by atoms with E-state index in [9.17, 15) is 18.0 Å². The Morgan fingerprint density at radius 3 is 1.88 bits per heavy atom. The van der Waals surface area contributed by atoms with Gasteiger partial charge in [-0.05, 0) is 50.6 Å². The van der Waals surface area contributed by atoms with Crippen LogP contribution in [0.5, 0.6) is 0 Å². The standard InChI is InChI=1S/C10H12O5S.C8H8O2/c1-3-15-16(13,14)9-6-8(10(11)12)5-4-7(9)2;1-6-2-4-7(5-3-6)8(9)10/h4-6H,3H2,1-2H3,(H,11,12);2-5H,1H3,(H,9,10). The summed E-state index contributed by atoms with van der Waals surface area (Å²) in [5.74, 6) is -2.05. The molecule has 0 bridgehead atoms. The number of aromatic carboxylic acids is 2. The highest BCUT2D eigenvalue weighted by atomic mass is 32.2. The van der Waals surface area contributed by atoms with Crippen LogP contribution in [-0.4, -0.2) is 37.2 Å². The molecule has 26 heavy (non-hydrogen) atoms. The van der Waals surface area contributed by atoms with Crippen molar-refractivity contribution in [3.05, 3.63) is 64.7 Å². The van der Waals surface area contributed by atoms with Crippen LogP contribution in [0, 0.1) is 13.8 Å². The molecule has 0 atom stereocenters. The van der Waals surface area contributed by atoms with Crippen LogP contribution in [-0.2, 0) is 14.3 Å². The van der Waals surface area contributed by atoms with Crippen LogP contribution in [0.1, 0.15) is 38.8 Å². The number of carbonyl (C=O) groups is 2. The van der Waals surface area contributed by atoms with Crippen molar-refractivity contribution in [2.24, 2.45) is 0 Å². The molecule has 2 N–H and O–H groups in total. The molecule has 2 aromatic rings. The van der Waals surface area contributed by atoms with E-state index >= 15 is 0 Å². The molecular weight excluding hydrogens is 360 g/mol. The van der Waals surface area contributed by atoms with E-state index in [1.807, 2.05) is 6.92 Å². The Balaban J connectivity index is 0.000000289. The zero-order valence-corrected chi connectivity index (χ0v) is 15.4. The van der Waals surface area contributed by atoms with Gasteiger partial charge in [-0.3, -0.25) is 4.18 Å². The van der Waals surface area contributed by atoms with Crippen molar-refractivity contribution in [2.75, 3.05) is 6.61 Å². The third-order valence-electron chi connectivity index (χ3n) is 3.28. The second kappa shape index (κ2) is 9.12. The minimum Gasteiger partial charge on any atom is -0.478 e. The molecule has 0 amide bonds. The van der Waals surface area contributed by atoms with E-state index in [2.05, 4.69) is 4.18 Å². The Morgan fingerprint density at radius 2 is 1.42 bits per heavy atom. The molecule has 140 valence electrons. The fraction of sp³-hybridized carbons (Fsp3) is 0.222. The molecule has 0 aliphatic carbocycles. The van der Waals surface area contributed by atoms with Gasteiger partial charge in [-0.25, -0.2) is 9.59 Å². The molecule has 0 saturated carbocycles. The summed E-state index contributed by atoms with van der Waals surface area (Å²) in [4.78, 5) is 20.9. The van der Waals surface area contributed by atoms with Crippen molar-refractivity contribution >= 4 is 22.1 Å². The number of hydrogen-bond donors (Lipinski definition) is 2. The van der Waals surface area contributed by atoms with E-state index in [0.29, 0.717) is 11.1 Å². The maximum Gasteiger partial charge on any atom is 0.335 e. The van der Waals surface area contributed by atoms with E-state index in [1.54, 1.807) is 38.1 Å². The Hall–Kier alpha value is -2.71. The van der Waals surface area contributed by atoms with Gasteiger partial charge in [-0.15, -0.1) is 0 Å². The van der Waals surface area contributed by atoms with Crippen molar-refractivity contribution < 1.29 is 32.4 Å². The van der Waals surface area contributed by atoms with Gasteiger partial charge in [-0.2, -0.15) is 8.42 Å². The number of hydrogen-bond acceptors (Lipinski definition) is 5. The fourth-order valence-electron chi connectivity index (χ4n) is 1.92. The Labute approximate surface area is 152 Å². The molecule has 2 rings (SSSR count). The average Bonchev–Trinajstić information content (AvgIpc) is 2.55. The first kappa shape index (κ1) is 21.3. The molecule has 0 aromatic heterocycles. The highest BCUT2D eigenvalue weighted by Crippen LogP contribution is 2.19. The van der Waals surface area contributed by atoms with Crippen LogP contribution in [0.15, 0.2) is 47.4 Å². The number of carboxylic acids is 2. The van der Waals surface area contributed by atoms with E-state index in [4.69, 9.17) is 10.2 Å². The lowest BCUT2D eigenvalue weighted by Crippen LogP contribution is -2.09. The van der Waals surface area contributed by atoms with Crippen molar-refractivity contribution in [2.45, 2.75) is 25.7 Å². The van der Waals surface area contributed by atoms with E-state index in [1.165, 1.54) is 12.1 Å². The van der Waals surface area contributed by atoms with Crippen LogP contribution in [0.4, 0.5) is 0 Å². The van der Waals surface area contributed by atoms with Crippen molar-refractivity contribution in [3.63, 3.8) is 0 Å². The largest absolute Gasteiger partial charge is 0.478 e. The summed E-state index contributed by atoms with van der Waals surface area (Å²) in [6.07, 6.45) is 0. The predicted molar refractivity (Wildman–Crippen MR) is 95.1 cm³/mol. The zero-order chi connectivity index (χ0) is 19.9. The molecule has 0 saturated heterocycles. The normalized spacial score (nSPS) is 10.6. The van der Waals surface area contributed by atoms with Crippen molar-refractivity contribution in [3.8, 4) is 0 Å². The van der Waals surface area contributed by atoms with Gasteiger partial charge in [0.05, 0.1) is 22.6 Å². The lowest BCUT2D eigenvalue weighted by molar-refractivity contribution is 0.0686. The van der Waals surface area contributed by atoms with Gasteiger partial charge in [0, 0.05) is 0 Å². The van der Waals surface area contributed by atoms with Gasteiger partial charge in [0.15, 0.2) is 0 Å². The van der Waals surface area contributed by atoms with Crippen LogP contribution in [0.25, 0.3) is 0 Å². The molecule has 0 aliphatic rings. The van der Waals surface area contributed by atoms with Gasteiger partial charge in [0.1, 0.15) is 0 Å². The second-order valence-corrected chi connectivity index (χ2v) is 6.90. The fourth-order valence-corrected chi connectivity index (χ4v) is 3.09. The zero-order valence-electron chi connectivity index (χ0n) is 14.6. The highest BCUT2D eigenvalue weighted by Gasteiger charge is 2.19. The summed E-state index contributed by atoms with van der Waals surface area (Å²) in [5.41, 5.74) is 1.79. The van der Waals surface area contributed by atoms with Crippen LogP contribution in [0.3, 0.4) is 0 Å². The minimum atomic E-state index is -3.86. The van der Waals surface area contributed by atoms with Gasteiger partial charge in [0.25, 0.3) is 10.1 Å². The number of carboxylic acid groups (broad SMARTS) is 2. The van der Waals surface area contributed by atoms with E-state index in [0.717, 1.165) is 11.6 Å². The third kappa shape index (κ3) is 5.98. The molecule has 2 aromatic carbocycles. The molecule has 0 heterocycles. The van der Waals surface area contributed by atoms with Crippen LogP contribution >= 0.6 is 0 Å². The number of benzene rings is 2. The van der Waals surface area contributed by atoms with Crippen molar-refractivity contribution in [1.82, 2.24) is 0 Å². The molecular formula is C18H20O7S. The van der Waals surface area contributed by atoms with E-state index < -0.39 is 22.1 Å². The first-order valence-corrected chi connectivity index (χ1v) is 9.02. The number of rotatable bonds is 5. The first-order chi connectivity index (χ1) is 12.1. The predicted octanol–water partition coefficient (Wildman–Crippen LogP) is 3.11. The van der Waals surface area contributed by atoms with Crippen LogP contribution in [0.2, 0.25) is 0 Å². The summed E-state index contributed by atoms with van der Waals surface area (Å²) in [7, 11) is -3.86. The van der Waals surface area contributed by atoms with Gasteiger partial charge < -0.3 is 10.2 Å². The molecule has 0 spiro atoms.